The van der Waals surface area contributed by atoms with E-state index in [4.69, 9.17) is 28.9 Å². The highest BCUT2D eigenvalue weighted by Gasteiger charge is 2.20. The van der Waals surface area contributed by atoms with Gasteiger partial charge in [0.15, 0.2) is 0 Å². The minimum Gasteiger partial charge on any atom is -0.368 e. The first-order valence-corrected chi connectivity index (χ1v) is 11.9. The van der Waals surface area contributed by atoms with Gasteiger partial charge in [-0.25, -0.2) is 9.37 Å². The zero-order valence-electron chi connectivity index (χ0n) is 18.5. The average Bonchev–Trinajstić information content (AvgIpc) is 3.32. The number of nitrogens with two attached hydrogens (primary N) is 1. The summed E-state index contributed by atoms with van der Waals surface area (Å²) in [6, 6.07) is 8.60. The van der Waals surface area contributed by atoms with Gasteiger partial charge in [0.1, 0.15) is 11.6 Å². The van der Waals surface area contributed by atoms with Gasteiger partial charge in [0.2, 0.25) is 5.95 Å². The predicted octanol–water partition coefficient (Wildman–Crippen LogP) is 5.62. The number of nitrogens with zero attached hydrogens (tertiary/aromatic N) is 4. The van der Waals surface area contributed by atoms with Crippen molar-refractivity contribution in [2.24, 2.45) is 0 Å². The zero-order chi connectivity index (χ0) is 23.8. The Morgan fingerprint density at radius 1 is 1.15 bits per heavy atom. The molecule has 0 aliphatic carbocycles. The van der Waals surface area contributed by atoms with Crippen LogP contribution in [0.15, 0.2) is 42.7 Å². The number of halogens is 3. The Bertz CT molecular complexity index is 1350. The van der Waals surface area contributed by atoms with Crippen LogP contribution >= 0.6 is 23.2 Å². The maximum absolute atomic E-state index is 14.1. The van der Waals surface area contributed by atoms with E-state index >= 15 is 0 Å². The summed E-state index contributed by atoms with van der Waals surface area (Å²) < 4.78 is 16.1. The third-order valence-corrected chi connectivity index (χ3v) is 6.91. The molecule has 1 fully saturated rings. The number of hydrogen-bond acceptors (Lipinski definition) is 6. The minimum absolute atomic E-state index is 0.0233. The van der Waals surface area contributed by atoms with Gasteiger partial charge in [-0.05, 0) is 62.7 Å². The molecule has 1 unspecified atom stereocenters. The van der Waals surface area contributed by atoms with E-state index in [9.17, 15) is 4.39 Å². The molecule has 1 aliphatic rings. The number of nitrogens with one attached hydrogen (secondary N) is 2. The van der Waals surface area contributed by atoms with Gasteiger partial charge in [0, 0.05) is 27.7 Å². The summed E-state index contributed by atoms with van der Waals surface area (Å²) in [6.45, 7) is 3.84. The molecule has 0 bridgehead atoms. The van der Waals surface area contributed by atoms with Gasteiger partial charge in [-0.3, -0.25) is 4.68 Å². The van der Waals surface area contributed by atoms with Crippen LogP contribution in [0.25, 0.3) is 22.0 Å². The molecule has 0 spiro atoms. The van der Waals surface area contributed by atoms with Crippen LogP contribution in [0.5, 0.6) is 0 Å². The zero-order valence-corrected chi connectivity index (χ0v) is 20.0. The van der Waals surface area contributed by atoms with Crippen molar-refractivity contribution in [3.05, 3.63) is 64.2 Å². The summed E-state index contributed by atoms with van der Waals surface area (Å²) in [4.78, 5) is 8.78. The quantitative estimate of drug-likeness (QED) is 0.308. The second-order valence-electron chi connectivity index (χ2n) is 8.48. The number of fused-ring (bicyclic) bond motifs is 1. The Balaban J connectivity index is 1.50. The van der Waals surface area contributed by atoms with E-state index in [1.807, 2.05) is 31.3 Å². The van der Waals surface area contributed by atoms with Gasteiger partial charge >= 0.3 is 0 Å². The third-order valence-electron chi connectivity index (χ3n) is 6.20. The van der Waals surface area contributed by atoms with E-state index in [1.54, 1.807) is 0 Å². The van der Waals surface area contributed by atoms with Crippen molar-refractivity contribution in [2.75, 3.05) is 24.1 Å². The summed E-state index contributed by atoms with van der Waals surface area (Å²) in [5.74, 6) is 0.110. The highest BCUT2D eigenvalue weighted by atomic mass is 35.5. The SMILES string of the molecule is CC(Nc1nc(N)nc2ccc(-c3cnn(C4CCNCC4)c3)cc12)c1c(Cl)ccc(F)c1Cl. The van der Waals surface area contributed by atoms with Gasteiger partial charge in [-0.1, -0.05) is 29.3 Å². The fourth-order valence-electron chi connectivity index (χ4n) is 4.41. The van der Waals surface area contributed by atoms with Crippen LogP contribution < -0.4 is 16.4 Å². The fraction of sp³-hybridized carbons (Fsp3) is 0.292. The van der Waals surface area contributed by atoms with Crippen LogP contribution in [-0.2, 0) is 0 Å². The molecule has 5 rings (SSSR count). The van der Waals surface area contributed by atoms with Crippen LogP contribution in [0.2, 0.25) is 10.0 Å². The van der Waals surface area contributed by atoms with Crippen molar-refractivity contribution in [1.82, 2.24) is 25.1 Å². The number of rotatable bonds is 5. The number of aromatic nitrogens is 4. The number of piperidine rings is 1. The Labute approximate surface area is 206 Å². The summed E-state index contributed by atoms with van der Waals surface area (Å²) in [6.07, 6.45) is 6.08. The summed E-state index contributed by atoms with van der Waals surface area (Å²) >= 11 is 12.5. The van der Waals surface area contributed by atoms with Gasteiger partial charge < -0.3 is 16.4 Å². The first-order valence-electron chi connectivity index (χ1n) is 11.1. The van der Waals surface area contributed by atoms with Crippen LogP contribution in [0.4, 0.5) is 16.2 Å². The molecule has 10 heteroatoms. The van der Waals surface area contributed by atoms with E-state index in [1.165, 1.54) is 12.1 Å². The second kappa shape index (κ2) is 9.37. The second-order valence-corrected chi connectivity index (χ2v) is 9.26. The number of anilines is 2. The van der Waals surface area contributed by atoms with Crippen molar-refractivity contribution in [2.45, 2.75) is 31.8 Å². The van der Waals surface area contributed by atoms with Crippen LogP contribution in [0, 0.1) is 5.82 Å². The highest BCUT2D eigenvalue weighted by molar-refractivity contribution is 6.36. The highest BCUT2D eigenvalue weighted by Crippen LogP contribution is 2.36. The molecule has 7 nitrogen and oxygen atoms in total. The number of benzene rings is 2. The lowest BCUT2D eigenvalue weighted by Crippen LogP contribution is -2.29. The molecular weight excluding hydrogens is 476 g/mol. The standard InChI is InChI=1S/C24H24Cl2FN7/c1-13(21-18(25)3-4-19(27)22(21)26)31-23-17-10-14(2-5-20(17)32-24(28)33-23)15-11-30-34(12-15)16-6-8-29-9-7-16/h2-5,10-13,16,29H,6-9H2,1H3,(H3,28,31,32,33). The van der Waals surface area contributed by atoms with Crippen LogP contribution in [0.3, 0.4) is 0 Å². The first-order chi connectivity index (χ1) is 16.4. The largest absolute Gasteiger partial charge is 0.368 e. The van der Waals surface area contributed by atoms with Crippen molar-refractivity contribution in [3.8, 4) is 11.1 Å². The number of hydrogen-bond donors (Lipinski definition) is 3. The van der Waals surface area contributed by atoms with E-state index in [-0.39, 0.29) is 11.0 Å². The smallest absolute Gasteiger partial charge is 0.222 e. The molecule has 1 aliphatic heterocycles. The lowest BCUT2D eigenvalue weighted by molar-refractivity contribution is 0.343. The van der Waals surface area contributed by atoms with E-state index < -0.39 is 11.9 Å². The summed E-state index contributed by atoms with van der Waals surface area (Å²) in [7, 11) is 0. The molecule has 4 aromatic rings. The third kappa shape index (κ3) is 4.41. The van der Waals surface area contributed by atoms with Crippen LogP contribution in [-0.4, -0.2) is 32.8 Å². The number of nitrogen functional groups attached to an aromatic ring is 1. The van der Waals surface area contributed by atoms with E-state index in [0.717, 1.165) is 42.4 Å². The van der Waals surface area contributed by atoms with Crippen molar-refractivity contribution in [3.63, 3.8) is 0 Å². The molecule has 176 valence electrons. The molecule has 2 aromatic heterocycles. The Hall–Kier alpha value is -2.94. The van der Waals surface area contributed by atoms with Gasteiger partial charge in [0.05, 0.1) is 28.8 Å². The molecule has 34 heavy (non-hydrogen) atoms. The van der Waals surface area contributed by atoms with E-state index in [0.29, 0.717) is 28.0 Å². The topological polar surface area (TPSA) is 93.7 Å². The molecule has 0 saturated carbocycles. The molecule has 0 radical (unpaired) electrons. The summed E-state index contributed by atoms with van der Waals surface area (Å²) in [5, 5.41) is 12.4. The van der Waals surface area contributed by atoms with Gasteiger partial charge in [0.25, 0.3) is 0 Å². The molecule has 1 saturated heterocycles. The maximum Gasteiger partial charge on any atom is 0.222 e. The minimum atomic E-state index is -0.533. The molecule has 1 atom stereocenters. The Morgan fingerprint density at radius 2 is 1.94 bits per heavy atom. The van der Waals surface area contributed by atoms with Crippen molar-refractivity contribution >= 4 is 45.9 Å². The molecule has 4 N–H and O–H groups in total. The fourth-order valence-corrected chi connectivity index (χ4v) is 5.11. The van der Waals surface area contributed by atoms with Crippen molar-refractivity contribution in [1.29, 1.82) is 0 Å². The Morgan fingerprint density at radius 3 is 2.74 bits per heavy atom. The van der Waals surface area contributed by atoms with Gasteiger partial charge in [-0.15, -0.1) is 0 Å². The lowest BCUT2D eigenvalue weighted by Gasteiger charge is -2.22. The molecule has 3 heterocycles. The van der Waals surface area contributed by atoms with Crippen molar-refractivity contribution < 1.29 is 4.39 Å². The lowest BCUT2D eigenvalue weighted by atomic mass is 10.0. The van der Waals surface area contributed by atoms with Gasteiger partial charge in [-0.2, -0.15) is 10.1 Å². The maximum atomic E-state index is 14.1. The average molecular weight is 500 g/mol. The normalized spacial score (nSPS) is 15.5. The first kappa shape index (κ1) is 22.8. The monoisotopic (exact) mass is 499 g/mol. The van der Waals surface area contributed by atoms with Crippen LogP contribution in [0.1, 0.15) is 37.4 Å². The molecular formula is C24H24Cl2FN7. The molecule has 2 aromatic carbocycles. The molecule has 0 amide bonds. The predicted molar refractivity (Wildman–Crippen MR) is 135 cm³/mol. The Kier molecular flexibility index (Phi) is 6.29. The van der Waals surface area contributed by atoms with E-state index in [2.05, 4.69) is 36.6 Å². The summed E-state index contributed by atoms with van der Waals surface area (Å²) in [5.41, 5.74) is 9.10.